The number of thioether (sulfide) groups is 3. The predicted molar refractivity (Wildman–Crippen MR) is 291 cm³/mol. The predicted octanol–water partition coefficient (Wildman–Crippen LogP) is 10.1. The van der Waals surface area contributed by atoms with Gasteiger partial charge in [0.25, 0.3) is 0 Å². The van der Waals surface area contributed by atoms with E-state index in [0.29, 0.717) is 67.9 Å². The molecule has 72 heavy (non-hydrogen) atoms. The summed E-state index contributed by atoms with van der Waals surface area (Å²) in [6.07, 6.45) is 0. The fourth-order valence-corrected chi connectivity index (χ4v) is 13.0. The van der Waals surface area contributed by atoms with Crippen LogP contribution in [0.3, 0.4) is 0 Å². The summed E-state index contributed by atoms with van der Waals surface area (Å²) >= 11 is 4.87. The zero-order chi connectivity index (χ0) is 52.4. The van der Waals surface area contributed by atoms with Crippen molar-refractivity contribution in [3.05, 3.63) is 121 Å². The van der Waals surface area contributed by atoms with Crippen LogP contribution in [0.2, 0.25) is 0 Å². The fraction of sp³-hybridized carbons (Fsp3) is 0.526. The first-order valence-corrected chi connectivity index (χ1v) is 28.2. The molecule has 15 heteroatoms. The first-order chi connectivity index (χ1) is 33.9. The molecule has 0 spiro atoms. The van der Waals surface area contributed by atoms with Gasteiger partial charge in [0.15, 0.2) is 0 Å². The second kappa shape index (κ2) is 22.6. The molecule has 12 nitrogen and oxygen atoms in total. The van der Waals surface area contributed by atoms with Gasteiger partial charge in [-0.2, -0.15) is 35.3 Å². The van der Waals surface area contributed by atoms with Gasteiger partial charge in [-0.3, -0.25) is 29.1 Å². The molecule has 0 aromatic heterocycles. The van der Waals surface area contributed by atoms with Gasteiger partial charge in [-0.25, -0.2) is 0 Å². The first-order valence-electron chi connectivity index (χ1n) is 24.7. The number of carbonyl (C=O) groups excluding carboxylic acids is 3. The molecule has 3 N–H and O–H groups in total. The highest BCUT2D eigenvalue weighted by Crippen LogP contribution is 2.41. The molecule has 5 atom stereocenters. The number of benzene rings is 4. The lowest BCUT2D eigenvalue weighted by molar-refractivity contribution is -0.147. The molecule has 0 saturated heterocycles. The van der Waals surface area contributed by atoms with Crippen LogP contribution in [0.15, 0.2) is 54.6 Å². The van der Waals surface area contributed by atoms with Crippen LogP contribution in [-0.4, -0.2) is 105 Å². The van der Waals surface area contributed by atoms with Crippen molar-refractivity contribution in [2.75, 3.05) is 38.6 Å². The minimum absolute atomic E-state index is 0.0220. The van der Waals surface area contributed by atoms with Gasteiger partial charge in [0.05, 0.1) is 21.3 Å². The number of aromatic hydroxyl groups is 3. The van der Waals surface area contributed by atoms with Crippen LogP contribution in [0.1, 0.15) is 129 Å². The van der Waals surface area contributed by atoms with Crippen LogP contribution in [-0.2, 0) is 101 Å². The molecule has 2 unspecified atom stereocenters. The summed E-state index contributed by atoms with van der Waals surface area (Å²) in [5.74, 6) is 1.55. The first kappa shape index (κ1) is 55.4. The smallest absolute Gasteiger partial charge is 0.323 e. The lowest BCUT2D eigenvalue weighted by Crippen LogP contribution is -2.44. The highest BCUT2D eigenvalue weighted by atomic mass is 32.2. The van der Waals surface area contributed by atoms with Crippen molar-refractivity contribution in [3.63, 3.8) is 0 Å². The van der Waals surface area contributed by atoms with E-state index in [1.807, 2.05) is 51.1 Å². The van der Waals surface area contributed by atoms with E-state index < -0.39 is 36.0 Å². The Morgan fingerprint density at radius 1 is 0.417 bits per heavy atom. The van der Waals surface area contributed by atoms with Crippen molar-refractivity contribution in [2.24, 2.45) is 0 Å². The molecule has 8 rings (SSSR count). The Labute approximate surface area is 439 Å². The number of phenolic OH excluding ortho intramolecular Hbond substituents is 3. The molecule has 12 bridgehead atoms. The third-order valence-electron chi connectivity index (χ3n) is 14.1. The SMILES string of the molecule is COC(=O)[C@H]1CSCc2cc3cc(c2)CSC[C@@H](C(=O)OC)N2Cc4cc(C(C)(C)C)cc(c4O)CN1Cc1cc(C(C)(C)C)cc(c1O)CN(Cc1cc(C(C)(C)C)cc(c1O)C2)[C@@H](C(=O)OC)CSC3. The minimum Gasteiger partial charge on any atom is -0.507 e. The van der Waals surface area contributed by atoms with Crippen LogP contribution in [0.5, 0.6) is 17.2 Å². The minimum atomic E-state index is -0.815. The van der Waals surface area contributed by atoms with Crippen LogP contribution in [0.4, 0.5) is 0 Å². The Morgan fingerprint density at radius 3 is 0.806 bits per heavy atom. The number of hydrogen-bond acceptors (Lipinski definition) is 15. The molecule has 4 aliphatic rings. The molecule has 0 amide bonds. The highest BCUT2D eigenvalue weighted by molar-refractivity contribution is 7.99. The number of nitrogens with zero attached hydrogens (tertiary/aromatic N) is 3. The van der Waals surface area contributed by atoms with Crippen molar-refractivity contribution >= 4 is 53.2 Å². The maximum absolute atomic E-state index is 14.4. The second-order valence-corrected chi connectivity index (χ2v) is 25.8. The monoisotopic (exact) mass is 1040 g/mol. The molecule has 4 aromatic carbocycles. The molecule has 0 fully saturated rings. The quantitative estimate of drug-likeness (QED) is 0.132. The highest BCUT2D eigenvalue weighted by Gasteiger charge is 2.36. The number of carbonyl (C=O) groups is 3. The van der Waals surface area contributed by atoms with Crippen LogP contribution in [0, 0.1) is 0 Å². The fourth-order valence-electron chi connectivity index (χ4n) is 9.77. The Morgan fingerprint density at radius 2 is 0.625 bits per heavy atom. The maximum atomic E-state index is 14.4. The normalized spacial score (nSPS) is 22.5. The largest absolute Gasteiger partial charge is 0.507 e. The van der Waals surface area contributed by atoms with Gasteiger partial charge >= 0.3 is 17.9 Å². The van der Waals surface area contributed by atoms with Crippen molar-refractivity contribution in [1.29, 1.82) is 0 Å². The molecule has 4 aliphatic heterocycles. The number of phenols is 3. The molecule has 0 saturated carbocycles. The van der Waals surface area contributed by atoms with E-state index in [1.165, 1.54) is 21.3 Å². The number of hydrogen-bond donors (Lipinski definition) is 3. The van der Waals surface area contributed by atoms with Crippen LogP contribution >= 0.6 is 35.3 Å². The van der Waals surface area contributed by atoms with Gasteiger partial charge in [-0.15, -0.1) is 0 Å². The van der Waals surface area contributed by atoms with E-state index in [9.17, 15) is 29.7 Å². The summed E-state index contributed by atoms with van der Waals surface area (Å²) in [6.45, 7) is 19.6. The van der Waals surface area contributed by atoms with E-state index in [0.717, 1.165) is 33.4 Å². The second-order valence-electron chi connectivity index (χ2n) is 22.7. The third kappa shape index (κ3) is 12.9. The maximum Gasteiger partial charge on any atom is 0.323 e. The van der Waals surface area contributed by atoms with E-state index in [2.05, 4.69) is 80.5 Å². The average Bonchev–Trinajstić information content (AvgIpc) is 3.30. The number of fused-ring (bicyclic) bond motifs is 9. The van der Waals surface area contributed by atoms with Gasteiger partial charge in [0.1, 0.15) is 35.4 Å². The van der Waals surface area contributed by atoms with Crippen molar-refractivity contribution in [1.82, 2.24) is 14.7 Å². The summed E-state index contributed by atoms with van der Waals surface area (Å²) in [5.41, 5.74) is 8.27. The summed E-state index contributed by atoms with van der Waals surface area (Å²) in [5, 5.41) is 38.3. The van der Waals surface area contributed by atoms with Crippen LogP contribution < -0.4 is 0 Å². The number of rotatable bonds is 3. The lowest BCUT2D eigenvalue weighted by Gasteiger charge is -2.35. The summed E-state index contributed by atoms with van der Waals surface area (Å²) in [4.78, 5) is 49.1. The molecular weight excluding hydrogens is 967 g/mol. The Kier molecular flexibility index (Phi) is 17.4. The Bertz CT molecular complexity index is 2280. The van der Waals surface area contributed by atoms with Crippen molar-refractivity contribution < 1.29 is 43.9 Å². The van der Waals surface area contributed by atoms with Crippen molar-refractivity contribution in [2.45, 2.75) is 153 Å². The van der Waals surface area contributed by atoms with Gasteiger partial charge in [0.2, 0.25) is 0 Å². The van der Waals surface area contributed by atoms with Crippen LogP contribution in [0.25, 0.3) is 0 Å². The average molecular weight is 1040 g/mol. The summed E-state index contributed by atoms with van der Waals surface area (Å²) in [6, 6.07) is 16.1. The summed E-state index contributed by atoms with van der Waals surface area (Å²) in [7, 11) is 4.19. The molecule has 4 aromatic rings. The third-order valence-corrected chi connectivity index (χ3v) is 17.4. The molecule has 0 radical (unpaired) electrons. The lowest BCUT2D eigenvalue weighted by atomic mass is 9.83. The van der Waals surface area contributed by atoms with E-state index in [-0.39, 0.29) is 72.8 Å². The molecular formula is C57H75N3O9S3. The summed E-state index contributed by atoms with van der Waals surface area (Å²) < 4.78 is 16.8. The van der Waals surface area contributed by atoms with Gasteiger partial charge in [-0.05, 0) is 49.6 Å². The number of ether oxygens (including phenoxy) is 3. The zero-order valence-electron chi connectivity index (χ0n) is 44.3. The van der Waals surface area contributed by atoms with Gasteiger partial charge in [0, 0.05) is 107 Å². The molecule has 390 valence electrons. The van der Waals surface area contributed by atoms with E-state index >= 15 is 0 Å². The van der Waals surface area contributed by atoms with E-state index in [4.69, 9.17) is 14.2 Å². The van der Waals surface area contributed by atoms with Gasteiger partial charge in [-0.1, -0.05) is 117 Å². The topological polar surface area (TPSA) is 149 Å². The van der Waals surface area contributed by atoms with Crippen molar-refractivity contribution in [3.8, 4) is 17.2 Å². The van der Waals surface area contributed by atoms with E-state index in [1.54, 1.807) is 35.3 Å². The Hall–Kier alpha value is -4.38. The van der Waals surface area contributed by atoms with Gasteiger partial charge < -0.3 is 29.5 Å². The standard InChI is InChI=1S/C57H75N3O9S3/c1-55(2,3)43-16-37-22-58-24-39-18-44(56(4,5)6)20-41(50(39)62)26-60-27-42-21-45(57(7,8)9)19-40(51(42)63)25-59(23-38(17-43)49(37)61)47(53(65)68-11)32-71-29-35-13-34(28-70-31-46(58)52(64)67-10)14-36(15-35)30-72-33-48(60)54(66)69-12/h13-21,46-48,61-63H,22-33H2,1-12H3/t46-,47-,48+/m1/s1. The number of esters is 3. The zero-order valence-corrected chi connectivity index (χ0v) is 46.7. The Balaban J connectivity index is 1.63. The number of methoxy groups -OCH3 is 3. The molecule has 4 heterocycles. The molecule has 0 aliphatic carbocycles.